The molecule has 0 aromatic carbocycles. The van der Waals surface area contributed by atoms with E-state index in [1.54, 1.807) is 6.33 Å². The third-order valence-electron chi connectivity index (χ3n) is 3.75. The first-order chi connectivity index (χ1) is 8.16. The second-order valence-electron chi connectivity index (χ2n) is 5.03. The lowest BCUT2D eigenvalue weighted by Crippen LogP contribution is -2.48. The molecule has 0 spiro atoms. The average molecular weight is 237 g/mol. The van der Waals surface area contributed by atoms with Crippen LogP contribution in [0.2, 0.25) is 0 Å². The lowest BCUT2D eigenvalue weighted by atomic mass is 10.1. The van der Waals surface area contributed by atoms with Gasteiger partial charge in [0.05, 0.1) is 0 Å². The fourth-order valence-corrected chi connectivity index (χ4v) is 2.33. The first-order valence-corrected chi connectivity index (χ1v) is 6.42. The molecule has 0 N–H and O–H groups in total. The van der Waals surface area contributed by atoms with Crippen LogP contribution in [0, 0.1) is 0 Å². The Hall–Kier alpha value is -0.940. The summed E-state index contributed by atoms with van der Waals surface area (Å²) >= 11 is 0. The third kappa shape index (κ3) is 3.26. The second kappa shape index (κ2) is 5.60. The molecule has 1 saturated heterocycles. The first kappa shape index (κ1) is 12.5. The molecule has 1 aromatic rings. The van der Waals surface area contributed by atoms with E-state index in [-0.39, 0.29) is 0 Å². The second-order valence-corrected chi connectivity index (χ2v) is 5.03. The summed E-state index contributed by atoms with van der Waals surface area (Å²) in [4.78, 5) is 9.24. The summed E-state index contributed by atoms with van der Waals surface area (Å²) in [5, 5.41) is 4.10. The maximum Gasteiger partial charge on any atom is 0.138 e. The molecule has 0 bridgehead atoms. The molecule has 0 radical (unpaired) electrons. The highest BCUT2D eigenvalue weighted by molar-refractivity contribution is 4.85. The molecular weight excluding hydrogens is 214 g/mol. The van der Waals surface area contributed by atoms with Crippen LogP contribution in [0.25, 0.3) is 0 Å². The normalized spacial score (nSPS) is 20.6. The fourth-order valence-electron chi connectivity index (χ4n) is 2.33. The van der Waals surface area contributed by atoms with Gasteiger partial charge in [-0.15, -0.1) is 0 Å². The van der Waals surface area contributed by atoms with E-state index < -0.39 is 0 Å². The lowest BCUT2D eigenvalue weighted by Gasteiger charge is -2.36. The molecule has 0 amide bonds. The van der Waals surface area contributed by atoms with E-state index in [1.807, 2.05) is 11.7 Å². The van der Waals surface area contributed by atoms with E-state index >= 15 is 0 Å². The Morgan fingerprint density at radius 2 is 1.94 bits per heavy atom. The van der Waals surface area contributed by atoms with Crippen molar-refractivity contribution in [3.63, 3.8) is 0 Å². The predicted octanol–water partition coefficient (Wildman–Crippen LogP) is 0.384. The van der Waals surface area contributed by atoms with Crippen LogP contribution in [-0.2, 0) is 13.5 Å². The van der Waals surface area contributed by atoms with Crippen molar-refractivity contribution in [2.45, 2.75) is 25.8 Å². The number of piperazine rings is 1. The molecule has 0 aliphatic carbocycles. The van der Waals surface area contributed by atoms with Crippen LogP contribution in [0.3, 0.4) is 0 Å². The number of aryl methyl sites for hydroxylation is 2. The highest BCUT2D eigenvalue weighted by atomic mass is 15.3. The maximum absolute atomic E-state index is 4.27. The fraction of sp³-hybridized carbons (Fsp3) is 0.833. The van der Waals surface area contributed by atoms with Gasteiger partial charge in [-0.05, 0) is 20.4 Å². The standard InChI is InChI=1S/C12H23N5/c1-11(17-8-6-15(2)7-9-17)4-5-12-13-10-14-16(12)3/h10-11H,4-9H2,1-3H3/t11-/m0/s1. The molecule has 1 aliphatic rings. The van der Waals surface area contributed by atoms with Gasteiger partial charge in [-0.25, -0.2) is 4.98 Å². The number of nitrogens with zero attached hydrogens (tertiary/aromatic N) is 5. The Kier molecular flexibility index (Phi) is 4.12. The minimum atomic E-state index is 0.639. The summed E-state index contributed by atoms with van der Waals surface area (Å²) < 4.78 is 1.87. The van der Waals surface area contributed by atoms with Gasteiger partial charge in [0.2, 0.25) is 0 Å². The molecule has 5 heteroatoms. The van der Waals surface area contributed by atoms with Crippen LogP contribution < -0.4 is 0 Å². The smallest absolute Gasteiger partial charge is 0.138 e. The van der Waals surface area contributed by atoms with Crippen molar-refractivity contribution in [2.75, 3.05) is 33.2 Å². The zero-order valence-corrected chi connectivity index (χ0v) is 11.1. The largest absolute Gasteiger partial charge is 0.304 e. The third-order valence-corrected chi connectivity index (χ3v) is 3.75. The summed E-state index contributed by atoms with van der Waals surface area (Å²) in [7, 11) is 4.16. The van der Waals surface area contributed by atoms with Crippen molar-refractivity contribution in [2.24, 2.45) is 7.05 Å². The summed E-state index contributed by atoms with van der Waals surface area (Å²) in [6.07, 6.45) is 3.82. The van der Waals surface area contributed by atoms with Gasteiger partial charge in [0.1, 0.15) is 12.2 Å². The van der Waals surface area contributed by atoms with Crippen LogP contribution in [0.15, 0.2) is 6.33 Å². The Morgan fingerprint density at radius 3 is 2.53 bits per heavy atom. The van der Waals surface area contributed by atoms with Crippen LogP contribution in [-0.4, -0.2) is 63.8 Å². The molecule has 1 atom stereocenters. The Bertz CT molecular complexity index is 340. The molecule has 0 unspecified atom stereocenters. The summed E-state index contributed by atoms with van der Waals surface area (Å²) in [5.41, 5.74) is 0. The molecule has 96 valence electrons. The van der Waals surface area contributed by atoms with Crippen molar-refractivity contribution in [1.29, 1.82) is 0 Å². The van der Waals surface area contributed by atoms with Gasteiger partial charge < -0.3 is 4.90 Å². The van der Waals surface area contributed by atoms with Crippen LogP contribution >= 0.6 is 0 Å². The van der Waals surface area contributed by atoms with Gasteiger partial charge in [-0.3, -0.25) is 9.58 Å². The zero-order valence-electron chi connectivity index (χ0n) is 11.1. The van der Waals surface area contributed by atoms with Gasteiger partial charge >= 0.3 is 0 Å². The van der Waals surface area contributed by atoms with Gasteiger partial charge in [0, 0.05) is 45.7 Å². The van der Waals surface area contributed by atoms with Crippen molar-refractivity contribution < 1.29 is 0 Å². The molecule has 17 heavy (non-hydrogen) atoms. The van der Waals surface area contributed by atoms with Crippen molar-refractivity contribution in [1.82, 2.24) is 24.6 Å². The van der Waals surface area contributed by atoms with Gasteiger partial charge in [-0.1, -0.05) is 0 Å². The summed E-state index contributed by atoms with van der Waals surface area (Å²) in [5.74, 6) is 1.09. The molecule has 1 aliphatic heterocycles. The summed E-state index contributed by atoms with van der Waals surface area (Å²) in [6, 6.07) is 0.639. The van der Waals surface area contributed by atoms with Crippen LogP contribution in [0.4, 0.5) is 0 Å². The monoisotopic (exact) mass is 237 g/mol. The number of hydrogen-bond donors (Lipinski definition) is 0. The number of rotatable bonds is 4. The molecule has 2 rings (SSSR count). The Balaban J connectivity index is 1.77. The van der Waals surface area contributed by atoms with E-state index in [2.05, 4.69) is 33.9 Å². The molecule has 2 heterocycles. The van der Waals surface area contributed by atoms with Crippen molar-refractivity contribution >= 4 is 0 Å². The average Bonchev–Trinajstić information content (AvgIpc) is 2.73. The Morgan fingerprint density at radius 1 is 1.24 bits per heavy atom. The topological polar surface area (TPSA) is 37.2 Å². The lowest BCUT2D eigenvalue weighted by molar-refractivity contribution is 0.114. The highest BCUT2D eigenvalue weighted by Gasteiger charge is 2.19. The molecule has 1 fully saturated rings. The van der Waals surface area contributed by atoms with E-state index in [0.717, 1.165) is 18.7 Å². The van der Waals surface area contributed by atoms with E-state index in [1.165, 1.54) is 26.2 Å². The molecular formula is C12H23N5. The van der Waals surface area contributed by atoms with Gasteiger partial charge in [0.25, 0.3) is 0 Å². The van der Waals surface area contributed by atoms with Crippen LogP contribution in [0.1, 0.15) is 19.2 Å². The van der Waals surface area contributed by atoms with Crippen molar-refractivity contribution in [3.8, 4) is 0 Å². The first-order valence-electron chi connectivity index (χ1n) is 6.42. The summed E-state index contributed by atoms with van der Waals surface area (Å²) in [6.45, 7) is 7.08. The van der Waals surface area contributed by atoms with Gasteiger partial charge in [0.15, 0.2) is 0 Å². The zero-order chi connectivity index (χ0) is 12.3. The number of hydrogen-bond acceptors (Lipinski definition) is 4. The van der Waals surface area contributed by atoms with Gasteiger partial charge in [-0.2, -0.15) is 5.10 Å². The van der Waals surface area contributed by atoms with Crippen LogP contribution in [0.5, 0.6) is 0 Å². The van der Waals surface area contributed by atoms with E-state index in [9.17, 15) is 0 Å². The van der Waals surface area contributed by atoms with Crippen molar-refractivity contribution in [3.05, 3.63) is 12.2 Å². The minimum absolute atomic E-state index is 0.639. The Labute approximate surface area is 103 Å². The highest BCUT2D eigenvalue weighted by Crippen LogP contribution is 2.10. The number of likely N-dealkylation sites (N-methyl/N-ethyl adjacent to an activating group) is 1. The molecule has 0 saturated carbocycles. The SMILES string of the molecule is C[C@@H](CCc1ncnn1C)N1CCN(C)CC1. The molecule has 5 nitrogen and oxygen atoms in total. The minimum Gasteiger partial charge on any atom is -0.304 e. The number of aromatic nitrogens is 3. The molecule has 1 aromatic heterocycles. The predicted molar refractivity (Wildman–Crippen MR) is 67.9 cm³/mol. The van der Waals surface area contributed by atoms with E-state index in [0.29, 0.717) is 6.04 Å². The quantitative estimate of drug-likeness (QED) is 0.759. The van der Waals surface area contributed by atoms with E-state index in [4.69, 9.17) is 0 Å². The maximum atomic E-state index is 4.27.